The zero-order valence-electron chi connectivity index (χ0n) is 9.32. The molecule has 1 aromatic carbocycles. The fourth-order valence-corrected chi connectivity index (χ4v) is 1.86. The Hall–Kier alpha value is -1.93. The smallest absolute Gasteiger partial charge is 0.142 e. The van der Waals surface area contributed by atoms with Gasteiger partial charge in [-0.05, 0) is 35.9 Å². The molecule has 0 saturated carbocycles. The minimum Gasteiger partial charge on any atom is -0.381 e. The molecule has 3 nitrogen and oxygen atoms in total. The van der Waals surface area contributed by atoms with Crippen LogP contribution >= 0.6 is 15.9 Å². The molecule has 5 heteroatoms. The van der Waals surface area contributed by atoms with Gasteiger partial charge in [0.15, 0.2) is 0 Å². The lowest BCUT2D eigenvalue weighted by Gasteiger charge is -2.08. The van der Waals surface area contributed by atoms with E-state index in [9.17, 15) is 4.39 Å². The lowest BCUT2D eigenvalue weighted by molar-refractivity contribution is 0.625. The van der Waals surface area contributed by atoms with E-state index in [0.717, 1.165) is 15.7 Å². The molecule has 0 bridgehead atoms. The first kappa shape index (κ1) is 12.5. The molecular formula is C13H9BrFN3. The van der Waals surface area contributed by atoms with Crippen LogP contribution in [0.15, 0.2) is 41.0 Å². The van der Waals surface area contributed by atoms with Gasteiger partial charge in [-0.15, -0.1) is 0 Å². The highest BCUT2D eigenvalue weighted by Crippen LogP contribution is 2.19. The number of benzene rings is 1. The summed E-state index contributed by atoms with van der Waals surface area (Å²) in [5.41, 5.74) is 1.93. The van der Waals surface area contributed by atoms with Gasteiger partial charge in [0.2, 0.25) is 0 Å². The SMILES string of the molecule is N#Cc1cc(NCc2cc(F)ccc2Br)ccn1. The molecule has 0 atom stereocenters. The van der Waals surface area contributed by atoms with Crippen LogP contribution in [0, 0.1) is 17.1 Å². The Labute approximate surface area is 112 Å². The molecule has 0 aliphatic heterocycles. The Morgan fingerprint density at radius 3 is 2.94 bits per heavy atom. The van der Waals surface area contributed by atoms with Crippen LogP contribution in [0.1, 0.15) is 11.3 Å². The Balaban J connectivity index is 2.11. The Morgan fingerprint density at radius 1 is 1.33 bits per heavy atom. The number of nitriles is 1. The van der Waals surface area contributed by atoms with Gasteiger partial charge in [0.25, 0.3) is 0 Å². The van der Waals surface area contributed by atoms with Gasteiger partial charge >= 0.3 is 0 Å². The molecule has 0 fully saturated rings. The second-order valence-corrected chi connectivity index (χ2v) is 4.49. The zero-order chi connectivity index (χ0) is 13.0. The number of halogens is 2. The van der Waals surface area contributed by atoms with Gasteiger partial charge in [0.05, 0.1) is 0 Å². The summed E-state index contributed by atoms with van der Waals surface area (Å²) >= 11 is 3.36. The van der Waals surface area contributed by atoms with E-state index in [-0.39, 0.29) is 5.82 Å². The van der Waals surface area contributed by atoms with E-state index in [1.54, 1.807) is 24.4 Å². The maximum absolute atomic E-state index is 13.1. The quantitative estimate of drug-likeness (QED) is 0.944. The molecule has 18 heavy (non-hydrogen) atoms. The first-order valence-corrected chi connectivity index (χ1v) is 6.02. The summed E-state index contributed by atoms with van der Waals surface area (Å²) < 4.78 is 13.9. The van der Waals surface area contributed by atoms with E-state index in [4.69, 9.17) is 5.26 Å². The van der Waals surface area contributed by atoms with Crippen molar-refractivity contribution in [2.45, 2.75) is 6.54 Å². The van der Waals surface area contributed by atoms with Crippen molar-refractivity contribution in [3.8, 4) is 6.07 Å². The van der Waals surface area contributed by atoms with E-state index < -0.39 is 0 Å². The van der Waals surface area contributed by atoms with Gasteiger partial charge in [0, 0.05) is 22.9 Å². The number of pyridine rings is 1. The number of hydrogen-bond acceptors (Lipinski definition) is 3. The average Bonchev–Trinajstić information content (AvgIpc) is 2.40. The number of aromatic nitrogens is 1. The highest BCUT2D eigenvalue weighted by molar-refractivity contribution is 9.10. The van der Waals surface area contributed by atoms with E-state index in [2.05, 4.69) is 26.2 Å². The van der Waals surface area contributed by atoms with Gasteiger partial charge < -0.3 is 5.32 Å². The summed E-state index contributed by atoms with van der Waals surface area (Å²) in [7, 11) is 0. The molecule has 0 unspecified atom stereocenters. The van der Waals surface area contributed by atoms with Crippen molar-refractivity contribution in [2.24, 2.45) is 0 Å². The summed E-state index contributed by atoms with van der Waals surface area (Å²) in [6, 6.07) is 9.89. The van der Waals surface area contributed by atoms with Gasteiger partial charge in [-0.2, -0.15) is 5.26 Å². The summed E-state index contributed by atoms with van der Waals surface area (Å²) in [5, 5.41) is 11.8. The minimum atomic E-state index is -0.276. The fourth-order valence-electron chi connectivity index (χ4n) is 1.48. The normalized spacial score (nSPS) is 9.83. The predicted octanol–water partition coefficient (Wildman–Crippen LogP) is 3.47. The monoisotopic (exact) mass is 305 g/mol. The fraction of sp³-hybridized carbons (Fsp3) is 0.0769. The average molecular weight is 306 g/mol. The zero-order valence-corrected chi connectivity index (χ0v) is 10.9. The lowest BCUT2D eigenvalue weighted by Crippen LogP contribution is -2.01. The molecule has 0 radical (unpaired) electrons. The van der Waals surface area contributed by atoms with Gasteiger partial charge in [-0.25, -0.2) is 9.37 Å². The number of nitrogens with zero attached hydrogens (tertiary/aromatic N) is 2. The maximum atomic E-state index is 13.1. The summed E-state index contributed by atoms with van der Waals surface area (Å²) in [4.78, 5) is 3.87. The molecule has 1 N–H and O–H groups in total. The third-order valence-electron chi connectivity index (χ3n) is 2.37. The summed E-state index contributed by atoms with van der Waals surface area (Å²) in [6.45, 7) is 0.466. The molecule has 90 valence electrons. The molecule has 2 rings (SSSR count). The Morgan fingerprint density at radius 2 is 2.17 bits per heavy atom. The van der Waals surface area contributed by atoms with Crippen LogP contribution in [0.2, 0.25) is 0 Å². The minimum absolute atomic E-state index is 0.276. The summed E-state index contributed by atoms with van der Waals surface area (Å²) in [5.74, 6) is -0.276. The molecule has 0 saturated heterocycles. The van der Waals surface area contributed by atoms with Crippen molar-refractivity contribution in [2.75, 3.05) is 5.32 Å². The third-order valence-corrected chi connectivity index (χ3v) is 3.14. The van der Waals surface area contributed by atoms with Crippen molar-refractivity contribution in [3.05, 3.63) is 58.1 Å². The Bertz CT molecular complexity index is 607. The lowest BCUT2D eigenvalue weighted by atomic mass is 10.2. The first-order chi connectivity index (χ1) is 8.69. The topological polar surface area (TPSA) is 48.7 Å². The molecule has 1 heterocycles. The maximum Gasteiger partial charge on any atom is 0.142 e. The highest BCUT2D eigenvalue weighted by Gasteiger charge is 2.02. The van der Waals surface area contributed by atoms with Gasteiger partial charge in [0.1, 0.15) is 17.6 Å². The van der Waals surface area contributed by atoms with Crippen LogP contribution in [0.5, 0.6) is 0 Å². The van der Waals surface area contributed by atoms with E-state index in [1.807, 2.05) is 6.07 Å². The molecule has 0 spiro atoms. The molecule has 1 aromatic heterocycles. The van der Waals surface area contributed by atoms with Gasteiger partial charge in [-0.1, -0.05) is 15.9 Å². The van der Waals surface area contributed by atoms with Crippen LogP contribution in [-0.4, -0.2) is 4.98 Å². The van der Waals surface area contributed by atoms with E-state index in [0.29, 0.717) is 12.2 Å². The molecule has 0 aliphatic rings. The van der Waals surface area contributed by atoms with Gasteiger partial charge in [-0.3, -0.25) is 0 Å². The predicted molar refractivity (Wildman–Crippen MR) is 70.4 cm³/mol. The first-order valence-electron chi connectivity index (χ1n) is 5.23. The van der Waals surface area contributed by atoms with Crippen molar-refractivity contribution in [1.29, 1.82) is 5.26 Å². The van der Waals surface area contributed by atoms with Crippen molar-refractivity contribution in [1.82, 2.24) is 4.98 Å². The van der Waals surface area contributed by atoms with E-state index in [1.165, 1.54) is 12.1 Å². The van der Waals surface area contributed by atoms with Crippen LogP contribution < -0.4 is 5.32 Å². The Kier molecular flexibility index (Phi) is 3.90. The number of nitrogens with one attached hydrogen (secondary N) is 1. The van der Waals surface area contributed by atoms with Crippen molar-refractivity contribution < 1.29 is 4.39 Å². The molecule has 0 amide bonds. The summed E-state index contributed by atoms with van der Waals surface area (Å²) in [6.07, 6.45) is 1.56. The third kappa shape index (κ3) is 3.05. The van der Waals surface area contributed by atoms with E-state index >= 15 is 0 Å². The highest BCUT2D eigenvalue weighted by atomic mass is 79.9. The molecule has 0 aliphatic carbocycles. The number of anilines is 1. The van der Waals surface area contributed by atoms with Crippen LogP contribution in [0.4, 0.5) is 10.1 Å². The second-order valence-electron chi connectivity index (χ2n) is 3.63. The second kappa shape index (κ2) is 5.61. The van der Waals surface area contributed by atoms with Crippen LogP contribution in [0.25, 0.3) is 0 Å². The van der Waals surface area contributed by atoms with Crippen LogP contribution in [-0.2, 0) is 6.54 Å². The molecular weight excluding hydrogens is 297 g/mol. The van der Waals surface area contributed by atoms with Crippen LogP contribution in [0.3, 0.4) is 0 Å². The number of hydrogen-bond donors (Lipinski definition) is 1. The van der Waals surface area contributed by atoms with Crippen molar-refractivity contribution in [3.63, 3.8) is 0 Å². The van der Waals surface area contributed by atoms with Crippen molar-refractivity contribution >= 4 is 21.6 Å². The largest absolute Gasteiger partial charge is 0.381 e. The standard InChI is InChI=1S/C13H9BrFN3/c14-13-2-1-10(15)5-9(13)8-18-11-3-4-17-12(6-11)7-16/h1-6H,8H2,(H,17,18). The number of rotatable bonds is 3. The molecule has 2 aromatic rings.